The lowest BCUT2D eigenvalue weighted by molar-refractivity contribution is 0.237. The van der Waals surface area contributed by atoms with E-state index in [1.54, 1.807) is 0 Å². The lowest BCUT2D eigenvalue weighted by Crippen LogP contribution is -2.40. The predicted molar refractivity (Wildman–Crippen MR) is 71.1 cm³/mol. The second kappa shape index (κ2) is 6.46. The number of rotatable bonds is 6. The van der Waals surface area contributed by atoms with E-state index in [2.05, 4.69) is 62.1 Å². The Balaban J connectivity index is 2.50. The Kier molecular flexibility index (Phi) is 5.23. The molecule has 0 aromatic heterocycles. The van der Waals surface area contributed by atoms with Gasteiger partial charge in [0, 0.05) is 6.54 Å². The van der Waals surface area contributed by atoms with Gasteiger partial charge in [-0.05, 0) is 31.6 Å². The molecule has 0 spiro atoms. The molecule has 0 saturated carbocycles. The number of nitrogens with one attached hydrogen (secondary N) is 1. The summed E-state index contributed by atoms with van der Waals surface area (Å²) in [4.78, 5) is 2.21. The molecule has 0 fully saturated rings. The van der Waals surface area contributed by atoms with Crippen molar-refractivity contribution in [3.63, 3.8) is 0 Å². The summed E-state index contributed by atoms with van der Waals surface area (Å²) in [5.74, 6) is 0. The molecule has 0 saturated heterocycles. The van der Waals surface area contributed by atoms with Gasteiger partial charge in [0.1, 0.15) is 0 Å². The molecule has 2 nitrogen and oxygen atoms in total. The molecule has 1 unspecified atom stereocenters. The smallest absolute Gasteiger partial charge is 0.0591 e. The summed E-state index contributed by atoms with van der Waals surface area (Å²) < 4.78 is 0. The van der Waals surface area contributed by atoms with Crippen molar-refractivity contribution in [2.75, 3.05) is 14.1 Å². The van der Waals surface area contributed by atoms with Gasteiger partial charge in [-0.1, -0.05) is 43.8 Å². The van der Waals surface area contributed by atoms with Gasteiger partial charge in [-0.3, -0.25) is 10.2 Å². The number of nitrogens with zero attached hydrogens (tertiary/aromatic N) is 1. The van der Waals surface area contributed by atoms with Gasteiger partial charge in [0.15, 0.2) is 0 Å². The number of hydrogen-bond acceptors (Lipinski definition) is 2. The highest BCUT2D eigenvalue weighted by atomic mass is 15.2. The lowest BCUT2D eigenvalue weighted by atomic mass is 10.1. The summed E-state index contributed by atoms with van der Waals surface area (Å²) in [6.07, 6.45) is 3.42. The van der Waals surface area contributed by atoms with Gasteiger partial charge < -0.3 is 0 Å². The van der Waals surface area contributed by atoms with Crippen molar-refractivity contribution in [3.05, 3.63) is 42.0 Å². The summed E-state index contributed by atoms with van der Waals surface area (Å²) in [5.41, 5.74) is 2.48. The Morgan fingerprint density at radius 1 is 1.31 bits per heavy atom. The van der Waals surface area contributed by atoms with Crippen LogP contribution in [0, 0.1) is 0 Å². The SMILES string of the molecule is C=Cc1ccc(CNC(CC)N(C)C)cc1. The molecule has 88 valence electrons. The molecule has 1 atom stereocenters. The molecule has 2 heteroatoms. The predicted octanol–water partition coefficient (Wildman–Crippen LogP) is 2.72. The van der Waals surface area contributed by atoms with Crippen molar-refractivity contribution in [3.8, 4) is 0 Å². The Hall–Kier alpha value is -1.12. The van der Waals surface area contributed by atoms with Crippen LogP contribution in [0.4, 0.5) is 0 Å². The van der Waals surface area contributed by atoms with Crippen LogP contribution in [0.2, 0.25) is 0 Å². The van der Waals surface area contributed by atoms with Crippen LogP contribution in [-0.2, 0) is 6.54 Å². The summed E-state index contributed by atoms with van der Waals surface area (Å²) >= 11 is 0. The molecule has 0 aliphatic heterocycles. The van der Waals surface area contributed by atoms with Gasteiger partial charge in [0.25, 0.3) is 0 Å². The van der Waals surface area contributed by atoms with Crippen LogP contribution < -0.4 is 5.32 Å². The molecule has 0 amide bonds. The van der Waals surface area contributed by atoms with E-state index in [0.717, 1.165) is 13.0 Å². The van der Waals surface area contributed by atoms with E-state index >= 15 is 0 Å². The largest absolute Gasteiger partial charge is 0.298 e. The van der Waals surface area contributed by atoms with Crippen LogP contribution in [0.15, 0.2) is 30.8 Å². The minimum absolute atomic E-state index is 0.444. The fourth-order valence-electron chi connectivity index (χ4n) is 1.70. The van der Waals surface area contributed by atoms with Crippen LogP contribution in [0.5, 0.6) is 0 Å². The normalized spacial score (nSPS) is 12.8. The second-order valence-electron chi connectivity index (χ2n) is 4.21. The first-order valence-corrected chi connectivity index (χ1v) is 5.78. The van der Waals surface area contributed by atoms with Crippen LogP contribution in [-0.4, -0.2) is 25.2 Å². The fraction of sp³-hybridized carbons (Fsp3) is 0.429. The molecule has 1 aromatic rings. The van der Waals surface area contributed by atoms with Crippen molar-refractivity contribution >= 4 is 6.08 Å². The standard InChI is InChI=1S/C14H22N2/c1-5-12-7-9-13(10-8-12)11-15-14(6-2)16(3)4/h5,7-10,14-15H,1,6,11H2,2-4H3. The molecular formula is C14H22N2. The van der Waals surface area contributed by atoms with Gasteiger partial charge in [-0.15, -0.1) is 0 Å². The maximum Gasteiger partial charge on any atom is 0.0591 e. The summed E-state index contributed by atoms with van der Waals surface area (Å²) in [7, 11) is 4.20. The van der Waals surface area contributed by atoms with Gasteiger partial charge >= 0.3 is 0 Å². The van der Waals surface area contributed by atoms with E-state index in [1.807, 2.05) is 6.08 Å². The van der Waals surface area contributed by atoms with Gasteiger partial charge in [0.05, 0.1) is 6.17 Å². The van der Waals surface area contributed by atoms with Crippen LogP contribution >= 0.6 is 0 Å². The van der Waals surface area contributed by atoms with Crippen molar-refractivity contribution in [2.24, 2.45) is 0 Å². The number of benzene rings is 1. The van der Waals surface area contributed by atoms with Crippen molar-refractivity contribution in [1.29, 1.82) is 0 Å². The van der Waals surface area contributed by atoms with Crippen molar-refractivity contribution < 1.29 is 0 Å². The molecule has 0 aliphatic rings. The van der Waals surface area contributed by atoms with Crippen molar-refractivity contribution in [2.45, 2.75) is 26.1 Å². The third-order valence-corrected chi connectivity index (χ3v) is 2.77. The summed E-state index contributed by atoms with van der Waals surface area (Å²) in [6.45, 7) is 6.85. The maximum absolute atomic E-state index is 3.75. The van der Waals surface area contributed by atoms with E-state index in [1.165, 1.54) is 11.1 Å². The molecular weight excluding hydrogens is 196 g/mol. The van der Waals surface area contributed by atoms with E-state index in [-0.39, 0.29) is 0 Å². The molecule has 1 N–H and O–H groups in total. The molecule has 1 aromatic carbocycles. The lowest BCUT2D eigenvalue weighted by Gasteiger charge is -2.24. The van der Waals surface area contributed by atoms with Crippen LogP contribution in [0.1, 0.15) is 24.5 Å². The molecule has 1 rings (SSSR count). The molecule has 0 radical (unpaired) electrons. The van der Waals surface area contributed by atoms with Gasteiger partial charge in [-0.25, -0.2) is 0 Å². The topological polar surface area (TPSA) is 15.3 Å². The molecule has 16 heavy (non-hydrogen) atoms. The monoisotopic (exact) mass is 218 g/mol. The average molecular weight is 218 g/mol. The Labute approximate surface area is 99.0 Å². The van der Waals surface area contributed by atoms with Crippen molar-refractivity contribution in [1.82, 2.24) is 10.2 Å². The zero-order chi connectivity index (χ0) is 12.0. The molecule has 0 aliphatic carbocycles. The third-order valence-electron chi connectivity index (χ3n) is 2.77. The molecule has 0 bridgehead atoms. The van der Waals surface area contributed by atoms with Crippen LogP contribution in [0.3, 0.4) is 0 Å². The summed E-state index contributed by atoms with van der Waals surface area (Å²) in [5, 5.41) is 3.52. The first-order chi connectivity index (χ1) is 7.67. The van der Waals surface area contributed by atoms with E-state index in [4.69, 9.17) is 0 Å². The third kappa shape index (κ3) is 3.80. The zero-order valence-electron chi connectivity index (χ0n) is 10.5. The Morgan fingerprint density at radius 2 is 1.94 bits per heavy atom. The van der Waals surface area contributed by atoms with E-state index in [9.17, 15) is 0 Å². The Morgan fingerprint density at radius 3 is 2.38 bits per heavy atom. The first kappa shape index (κ1) is 12.9. The minimum Gasteiger partial charge on any atom is -0.298 e. The fourth-order valence-corrected chi connectivity index (χ4v) is 1.70. The van der Waals surface area contributed by atoms with Gasteiger partial charge in [-0.2, -0.15) is 0 Å². The first-order valence-electron chi connectivity index (χ1n) is 5.78. The number of hydrogen-bond donors (Lipinski definition) is 1. The van der Waals surface area contributed by atoms with Crippen LogP contribution in [0.25, 0.3) is 6.08 Å². The van der Waals surface area contributed by atoms with E-state index < -0.39 is 0 Å². The maximum atomic E-state index is 3.75. The highest BCUT2D eigenvalue weighted by molar-refractivity contribution is 5.47. The highest BCUT2D eigenvalue weighted by Crippen LogP contribution is 2.06. The summed E-state index contributed by atoms with van der Waals surface area (Å²) in [6, 6.07) is 8.49. The van der Waals surface area contributed by atoms with Gasteiger partial charge in [0.2, 0.25) is 0 Å². The molecule has 0 heterocycles. The Bertz CT molecular complexity index is 314. The van der Waals surface area contributed by atoms with E-state index in [0.29, 0.717) is 6.17 Å². The zero-order valence-corrected chi connectivity index (χ0v) is 10.5. The quantitative estimate of drug-likeness (QED) is 0.739. The highest BCUT2D eigenvalue weighted by Gasteiger charge is 2.06. The second-order valence-corrected chi connectivity index (χ2v) is 4.21. The average Bonchev–Trinajstić information content (AvgIpc) is 2.30. The minimum atomic E-state index is 0.444.